The van der Waals surface area contributed by atoms with E-state index in [2.05, 4.69) is 9.88 Å². The van der Waals surface area contributed by atoms with E-state index in [9.17, 15) is 36.2 Å². The Labute approximate surface area is 196 Å². The fourth-order valence-electron chi connectivity index (χ4n) is 4.47. The van der Waals surface area contributed by atoms with Crippen molar-refractivity contribution in [3.63, 3.8) is 0 Å². The number of halogens is 6. The van der Waals surface area contributed by atoms with Crippen molar-refractivity contribution < 1.29 is 45.7 Å². The zero-order valence-corrected chi connectivity index (χ0v) is 18.5. The monoisotopic (exact) mass is 504 g/mol. The molecule has 1 aliphatic carbocycles. The maximum Gasteiger partial charge on any atom is 0.430 e. The topological polar surface area (TPSA) is 71.9 Å². The van der Waals surface area contributed by atoms with Crippen LogP contribution in [0.5, 0.6) is 5.75 Å². The summed E-state index contributed by atoms with van der Waals surface area (Å²) >= 11 is 0. The van der Waals surface area contributed by atoms with E-state index in [-0.39, 0.29) is 17.9 Å². The number of carbonyl (C=O) groups excluding carboxylic acids is 1. The molecule has 4 rings (SSSR count). The molecule has 35 heavy (non-hydrogen) atoms. The van der Waals surface area contributed by atoms with Gasteiger partial charge in [0.1, 0.15) is 5.75 Å². The Kier molecular flexibility index (Phi) is 6.47. The molecule has 0 bridgehead atoms. The van der Waals surface area contributed by atoms with Crippen molar-refractivity contribution in [2.24, 2.45) is 5.92 Å². The van der Waals surface area contributed by atoms with E-state index in [0.29, 0.717) is 56.3 Å². The molecule has 1 fully saturated rings. The summed E-state index contributed by atoms with van der Waals surface area (Å²) in [6, 6.07) is 5.04. The number of nitrogens with zero attached hydrogens (tertiary/aromatic N) is 2. The van der Waals surface area contributed by atoms with Crippen LogP contribution in [0, 0.1) is 5.92 Å². The molecule has 1 N–H and O–H groups in total. The minimum atomic E-state index is -5.99. The van der Waals surface area contributed by atoms with Crippen molar-refractivity contribution in [2.45, 2.75) is 30.8 Å². The van der Waals surface area contributed by atoms with Crippen molar-refractivity contribution in [3.05, 3.63) is 52.8 Å². The fourth-order valence-corrected chi connectivity index (χ4v) is 4.47. The highest BCUT2D eigenvalue weighted by Gasteiger charge is 2.71. The number of morpholine rings is 1. The van der Waals surface area contributed by atoms with E-state index in [1.807, 2.05) is 6.07 Å². The molecule has 6 nitrogen and oxygen atoms in total. The molecule has 1 saturated heterocycles. The maximum absolute atomic E-state index is 13.1. The molecular formula is C23H22F6N2O4. The van der Waals surface area contributed by atoms with Gasteiger partial charge in [0.15, 0.2) is 5.78 Å². The molecule has 1 aromatic carbocycles. The van der Waals surface area contributed by atoms with E-state index >= 15 is 0 Å². The third-order valence-electron chi connectivity index (χ3n) is 6.38. The number of Topliss-reactive ketones (excluding diaryl/α,β-unsaturated/α-hetero) is 1. The smallest absolute Gasteiger partial charge is 0.430 e. The van der Waals surface area contributed by atoms with Crippen LogP contribution in [-0.2, 0) is 23.2 Å². The molecule has 0 spiro atoms. The number of benzene rings is 1. The minimum absolute atomic E-state index is 0.0134. The van der Waals surface area contributed by atoms with Crippen LogP contribution in [0.2, 0.25) is 0 Å². The number of anilines is 1. The second-order valence-corrected chi connectivity index (χ2v) is 8.49. The average Bonchev–Trinajstić information content (AvgIpc) is 3.11. The largest absolute Gasteiger partial charge is 0.495 e. The van der Waals surface area contributed by atoms with Gasteiger partial charge in [-0.15, -0.1) is 0 Å². The van der Waals surface area contributed by atoms with E-state index in [0.717, 1.165) is 17.3 Å². The summed E-state index contributed by atoms with van der Waals surface area (Å²) in [4.78, 5) is 18.8. The van der Waals surface area contributed by atoms with Gasteiger partial charge in [0.25, 0.3) is 5.60 Å². The number of ether oxygens (including phenoxy) is 2. The number of hydrogen-bond acceptors (Lipinski definition) is 6. The highest BCUT2D eigenvalue weighted by atomic mass is 19.4. The third kappa shape index (κ3) is 4.44. The van der Waals surface area contributed by atoms with Crippen LogP contribution >= 0.6 is 0 Å². The van der Waals surface area contributed by atoms with Crippen LogP contribution in [0.25, 0.3) is 0 Å². The zero-order chi connectivity index (χ0) is 25.6. The first-order valence-corrected chi connectivity index (χ1v) is 10.8. The second-order valence-electron chi connectivity index (χ2n) is 8.49. The van der Waals surface area contributed by atoms with E-state index < -0.39 is 29.4 Å². The van der Waals surface area contributed by atoms with Gasteiger partial charge in [-0.1, -0.05) is 6.07 Å². The Morgan fingerprint density at radius 1 is 1.11 bits per heavy atom. The van der Waals surface area contributed by atoms with Crippen molar-refractivity contribution in [3.8, 4) is 5.75 Å². The number of hydrogen-bond donors (Lipinski definition) is 1. The van der Waals surface area contributed by atoms with Crippen LogP contribution in [0.3, 0.4) is 0 Å². The van der Waals surface area contributed by atoms with E-state index in [1.165, 1.54) is 7.11 Å². The molecule has 2 heterocycles. The van der Waals surface area contributed by atoms with Gasteiger partial charge >= 0.3 is 12.4 Å². The molecule has 0 amide bonds. The Balaban J connectivity index is 1.55. The summed E-state index contributed by atoms with van der Waals surface area (Å²) in [5.74, 6) is -0.266. The molecule has 0 radical (unpaired) electrons. The number of pyridine rings is 1. The first kappa shape index (κ1) is 25.2. The lowest BCUT2D eigenvalue weighted by molar-refractivity contribution is -0.376. The normalized spacial score (nSPS) is 19.1. The first-order chi connectivity index (χ1) is 16.4. The van der Waals surface area contributed by atoms with E-state index in [4.69, 9.17) is 9.47 Å². The van der Waals surface area contributed by atoms with Crippen LogP contribution < -0.4 is 9.64 Å². The van der Waals surface area contributed by atoms with Crippen molar-refractivity contribution in [2.75, 3.05) is 38.3 Å². The molecule has 12 heteroatoms. The number of aromatic nitrogens is 1. The SMILES string of the molecule is COc1cc2c(cc1N1CCOCC1)CC(Cc1ccc(C(O)(C(F)(F)F)C(F)(F)F)cn1)C2=O. The molecule has 1 unspecified atom stereocenters. The van der Waals surface area contributed by atoms with Gasteiger partial charge in [-0.05, 0) is 30.2 Å². The van der Waals surface area contributed by atoms with Crippen LogP contribution in [0.15, 0.2) is 30.5 Å². The highest BCUT2D eigenvalue weighted by molar-refractivity contribution is 6.03. The van der Waals surface area contributed by atoms with Gasteiger partial charge in [-0.25, -0.2) is 0 Å². The first-order valence-electron chi connectivity index (χ1n) is 10.8. The minimum Gasteiger partial charge on any atom is -0.495 e. The molecule has 2 aromatic rings. The van der Waals surface area contributed by atoms with Crippen LogP contribution in [0.4, 0.5) is 32.0 Å². The molecule has 190 valence electrons. The summed E-state index contributed by atoms with van der Waals surface area (Å²) in [5, 5.41) is 9.51. The van der Waals surface area contributed by atoms with Crippen molar-refractivity contribution in [1.82, 2.24) is 4.98 Å². The number of alkyl halides is 6. The van der Waals surface area contributed by atoms with Crippen LogP contribution in [0.1, 0.15) is 27.2 Å². The van der Waals surface area contributed by atoms with Crippen molar-refractivity contribution >= 4 is 11.5 Å². The molecule has 0 saturated carbocycles. The number of aliphatic hydroxyl groups is 1. The quantitative estimate of drug-likeness (QED) is 0.625. The third-order valence-corrected chi connectivity index (χ3v) is 6.38. The lowest BCUT2D eigenvalue weighted by Gasteiger charge is -2.32. The lowest BCUT2D eigenvalue weighted by atomic mass is 9.92. The second kappa shape index (κ2) is 8.98. The van der Waals surface area contributed by atoms with Gasteiger partial charge in [0.2, 0.25) is 0 Å². The van der Waals surface area contributed by atoms with Gasteiger partial charge in [-0.3, -0.25) is 9.78 Å². The lowest BCUT2D eigenvalue weighted by Crippen LogP contribution is -2.54. The number of methoxy groups -OCH3 is 1. The number of ketones is 1. The molecular weight excluding hydrogens is 482 g/mol. The standard InChI is InChI=1S/C23H22F6N2O4/c1-34-19-11-17-13(10-18(19)31-4-6-35-7-5-31)8-14(20(17)32)9-16-3-2-15(12-30-16)21(33,22(24,25)26)23(27,28)29/h2-3,10-12,14,33H,4-9H2,1H3. The van der Waals surface area contributed by atoms with Crippen molar-refractivity contribution in [1.29, 1.82) is 0 Å². The predicted molar refractivity (Wildman–Crippen MR) is 111 cm³/mol. The molecule has 1 aliphatic heterocycles. The van der Waals surface area contributed by atoms with Gasteiger partial charge in [0, 0.05) is 48.4 Å². The summed E-state index contributed by atoms with van der Waals surface area (Å²) in [6.07, 6.45) is -11.3. The molecule has 1 aromatic heterocycles. The van der Waals surface area contributed by atoms with Crippen LogP contribution in [-0.4, -0.2) is 61.6 Å². The summed E-state index contributed by atoms with van der Waals surface area (Å²) in [5.41, 5.74) is -4.29. The zero-order valence-electron chi connectivity index (χ0n) is 18.5. The van der Waals surface area contributed by atoms with Gasteiger partial charge in [0.05, 0.1) is 26.0 Å². The summed E-state index contributed by atoms with van der Waals surface area (Å²) in [6.45, 7) is 2.43. The number of rotatable bonds is 5. The Bertz CT molecular complexity index is 1080. The maximum atomic E-state index is 13.1. The number of fused-ring (bicyclic) bond motifs is 1. The van der Waals surface area contributed by atoms with Gasteiger partial charge in [-0.2, -0.15) is 26.3 Å². The fraction of sp³-hybridized carbons (Fsp3) is 0.478. The average molecular weight is 504 g/mol. The Hall–Kier alpha value is -2.86. The molecule has 1 atom stereocenters. The Morgan fingerprint density at radius 2 is 1.77 bits per heavy atom. The summed E-state index contributed by atoms with van der Waals surface area (Å²) in [7, 11) is 1.50. The van der Waals surface area contributed by atoms with Gasteiger partial charge < -0.3 is 19.5 Å². The molecule has 2 aliphatic rings. The predicted octanol–water partition coefficient (Wildman–Crippen LogP) is 3.84. The highest BCUT2D eigenvalue weighted by Crippen LogP contribution is 2.49. The summed E-state index contributed by atoms with van der Waals surface area (Å²) < 4.78 is 89.3. The Morgan fingerprint density at radius 3 is 2.31 bits per heavy atom. The number of carbonyl (C=O) groups is 1. The van der Waals surface area contributed by atoms with E-state index in [1.54, 1.807) is 6.07 Å².